The lowest BCUT2D eigenvalue weighted by Crippen LogP contribution is -2.30. The summed E-state index contributed by atoms with van der Waals surface area (Å²) < 4.78 is 5.41. The lowest BCUT2D eigenvalue weighted by molar-refractivity contribution is -0.154. The van der Waals surface area contributed by atoms with Crippen molar-refractivity contribution in [3.63, 3.8) is 0 Å². The highest BCUT2D eigenvalue weighted by molar-refractivity contribution is 7.98. The molecular weight excluding hydrogens is 220 g/mol. The van der Waals surface area contributed by atoms with Crippen LogP contribution in [0.1, 0.15) is 33.1 Å². The van der Waals surface area contributed by atoms with Gasteiger partial charge >= 0.3 is 5.97 Å². The molecule has 3 heteroatoms. The van der Waals surface area contributed by atoms with Crippen molar-refractivity contribution in [3.8, 4) is 0 Å². The van der Waals surface area contributed by atoms with Crippen molar-refractivity contribution in [2.45, 2.75) is 33.1 Å². The van der Waals surface area contributed by atoms with E-state index < -0.39 is 0 Å². The molecule has 0 aromatic heterocycles. The molecule has 16 heavy (non-hydrogen) atoms. The average molecular weight is 242 g/mol. The highest BCUT2D eigenvalue weighted by Gasteiger charge is 2.29. The lowest BCUT2D eigenvalue weighted by atomic mass is 9.94. The second kappa shape index (κ2) is 6.33. The van der Waals surface area contributed by atoms with E-state index >= 15 is 0 Å². The highest BCUT2D eigenvalue weighted by atomic mass is 32.2. The zero-order chi connectivity index (χ0) is 12.0. The van der Waals surface area contributed by atoms with Crippen molar-refractivity contribution in [2.24, 2.45) is 11.3 Å². The van der Waals surface area contributed by atoms with Gasteiger partial charge in [-0.25, -0.2) is 0 Å². The van der Waals surface area contributed by atoms with Gasteiger partial charge in [0.1, 0.15) is 0 Å². The number of hydrogen-bond acceptors (Lipinski definition) is 3. The maximum atomic E-state index is 11.8. The van der Waals surface area contributed by atoms with Crippen molar-refractivity contribution in [2.75, 3.05) is 18.6 Å². The molecule has 0 spiro atoms. The van der Waals surface area contributed by atoms with Gasteiger partial charge in [0.25, 0.3) is 0 Å². The van der Waals surface area contributed by atoms with Crippen molar-refractivity contribution in [1.82, 2.24) is 0 Å². The number of ether oxygens (including phenoxy) is 1. The molecule has 0 N–H and O–H groups in total. The minimum atomic E-state index is -0.357. The molecule has 0 fully saturated rings. The minimum absolute atomic E-state index is 0.0589. The highest BCUT2D eigenvalue weighted by Crippen LogP contribution is 2.24. The maximum absolute atomic E-state index is 11.8. The molecule has 1 aliphatic rings. The van der Waals surface area contributed by atoms with Gasteiger partial charge in [-0.05, 0) is 45.3 Å². The van der Waals surface area contributed by atoms with Crippen LogP contribution in [0.4, 0.5) is 0 Å². The Bertz CT molecular complexity index is 259. The fourth-order valence-corrected chi connectivity index (χ4v) is 2.66. The van der Waals surface area contributed by atoms with Gasteiger partial charge in [0.05, 0.1) is 12.0 Å². The molecule has 2 nitrogen and oxygen atoms in total. The van der Waals surface area contributed by atoms with Crippen molar-refractivity contribution >= 4 is 17.7 Å². The number of carbonyl (C=O) groups is 1. The molecule has 1 aliphatic carbocycles. The van der Waals surface area contributed by atoms with Crippen molar-refractivity contribution in [3.05, 3.63) is 12.2 Å². The predicted molar refractivity (Wildman–Crippen MR) is 69.6 cm³/mol. The van der Waals surface area contributed by atoms with Crippen LogP contribution in [0.3, 0.4) is 0 Å². The summed E-state index contributed by atoms with van der Waals surface area (Å²) >= 11 is 1.69. The van der Waals surface area contributed by atoms with Gasteiger partial charge in [0.15, 0.2) is 0 Å². The van der Waals surface area contributed by atoms with E-state index in [9.17, 15) is 4.79 Å². The van der Waals surface area contributed by atoms with Crippen LogP contribution in [0, 0.1) is 11.3 Å². The van der Waals surface area contributed by atoms with Gasteiger partial charge in [-0.3, -0.25) is 4.79 Å². The summed E-state index contributed by atoms with van der Waals surface area (Å²) in [6, 6.07) is 0. The van der Waals surface area contributed by atoms with Crippen molar-refractivity contribution in [1.29, 1.82) is 0 Å². The molecule has 0 heterocycles. The van der Waals surface area contributed by atoms with Gasteiger partial charge < -0.3 is 4.74 Å². The Hall–Kier alpha value is -0.440. The summed E-state index contributed by atoms with van der Waals surface area (Å²) in [4.78, 5) is 11.8. The quantitative estimate of drug-likeness (QED) is 0.547. The zero-order valence-electron chi connectivity index (χ0n) is 10.5. The van der Waals surface area contributed by atoms with E-state index in [-0.39, 0.29) is 11.4 Å². The first-order valence-corrected chi connectivity index (χ1v) is 7.27. The largest absolute Gasteiger partial charge is 0.465 e. The van der Waals surface area contributed by atoms with Crippen LogP contribution in [0.2, 0.25) is 0 Å². The first kappa shape index (κ1) is 13.6. The zero-order valence-corrected chi connectivity index (χ0v) is 11.3. The Morgan fingerprint density at radius 2 is 2.25 bits per heavy atom. The standard InChI is InChI=1S/C13H22O2S/c1-13(2,10-16-3)12(14)15-9-11-7-5-4-6-8-11/h4-5,11H,6-10H2,1-3H3/t11-/m1/s1. The molecule has 0 saturated heterocycles. The summed E-state index contributed by atoms with van der Waals surface area (Å²) in [5, 5.41) is 0. The Labute approximate surface area is 103 Å². The molecule has 0 aromatic rings. The van der Waals surface area contributed by atoms with Crippen LogP contribution in [-0.4, -0.2) is 24.6 Å². The SMILES string of the molecule is CSCC(C)(C)C(=O)OC[C@@H]1CC=CCC1. The summed E-state index contributed by atoms with van der Waals surface area (Å²) in [7, 11) is 0. The van der Waals surface area contributed by atoms with E-state index in [1.54, 1.807) is 11.8 Å². The van der Waals surface area contributed by atoms with Crippen LogP contribution in [-0.2, 0) is 9.53 Å². The first-order chi connectivity index (χ1) is 7.56. The normalized spacial score (nSPS) is 20.8. The molecule has 92 valence electrons. The van der Waals surface area contributed by atoms with E-state index in [1.807, 2.05) is 20.1 Å². The van der Waals surface area contributed by atoms with E-state index in [1.165, 1.54) is 0 Å². The summed E-state index contributed by atoms with van der Waals surface area (Å²) in [6.07, 6.45) is 9.73. The molecule has 0 aromatic carbocycles. The van der Waals surface area contributed by atoms with Gasteiger partial charge in [-0.15, -0.1) is 0 Å². The Balaban J connectivity index is 2.31. The summed E-state index contributed by atoms with van der Waals surface area (Å²) in [5.41, 5.74) is -0.357. The van der Waals surface area contributed by atoms with E-state index in [4.69, 9.17) is 4.74 Å². The number of carbonyl (C=O) groups excluding carboxylic acids is 1. The summed E-state index contributed by atoms with van der Waals surface area (Å²) in [6.45, 7) is 4.49. The molecule has 0 bridgehead atoms. The Morgan fingerprint density at radius 1 is 1.50 bits per heavy atom. The third-order valence-electron chi connectivity index (χ3n) is 2.89. The number of allylic oxidation sites excluding steroid dienone is 2. The van der Waals surface area contributed by atoms with Crippen LogP contribution < -0.4 is 0 Å². The fourth-order valence-electron chi connectivity index (χ4n) is 1.82. The van der Waals surface area contributed by atoms with Crippen LogP contribution in [0.25, 0.3) is 0 Å². The third kappa shape index (κ3) is 4.20. The van der Waals surface area contributed by atoms with Crippen LogP contribution in [0.5, 0.6) is 0 Å². The molecular formula is C13H22O2S. The molecule has 0 amide bonds. The number of rotatable bonds is 5. The second-order valence-electron chi connectivity index (χ2n) is 5.07. The maximum Gasteiger partial charge on any atom is 0.312 e. The number of hydrogen-bond donors (Lipinski definition) is 0. The van der Waals surface area contributed by atoms with Gasteiger partial charge in [0, 0.05) is 5.75 Å². The molecule has 1 atom stereocenters. The monoisotopic (exact) mass is 242 g/mol. The van der Waals surface area contributed by atoms with Gasteiger partial charge in [-0.1, -0.05) is 12.2 Å². The molecule has 0 aliphatic heterocycles. The first-order valence-electron chi connectivity index (χ1n) is 5.87. The minimum Gasteiger partial charge on any atom is -0.465 e. The van der Waals surface area contributed by atoms with Crippen molar-refractivity contribution < 1.29 is 9.53 Å². The molecule has 1 rings (SSSR count). The topological polar surface area (TPSA) is 26.3 Å². The van der Waals surface area contributed by atoms with Gasteiger partial charge in [-0.2, -0.15) is 11.8 Å². The van der Waals surface area contributed by atoms with E-state index in [0.29, 0.717) is 12.5 Å². The predicted octanol–water partition coefficient (Wildman–Crippen LogP) is 3.28. The smallest absolute Gasteiger partial charge is 0.312 e. The van der Waals surface area contributed by atoms with Crippen LogP contribution >= 0.6 is 11.8 Å². The molecule has 0 unspecified atom stereocenters. The van der Waals surface area contributed by atoms with Gasteiger partial charge in [0.2, 0.25) is 0 Å². The Morgan fingerprint density at radius 3 is 2.81 bits per heavy atom. The Kier molecular flexibility index (Phi) is 5.39. The average Bonchev–Trinajstić information content (AvgIpc) is 2.27. The van der Waals surface area contributed by atoms with E-state index in [2.05, 4.69) is 12.2 Å². The second-order valence-corrected chi connectivity index (χ2v) is 5.93. The molecule has 0 radical (unpaired) electrons. The van der Waals surface area contributed by atoms with E-state index in [0.717, 1.165) is 25.0 Å². The van der Waals surface area contributed by atoms with Crippen LogP contribution in [0.15, 0.2) is 12.2 Å². The number of esters is 1. The fraction of sp³-hybridized carbons (Fsp3) is 0.769. The summed E-state index contributed by atoms with van der Waals surface area (Å²) in [5.74, 6) is 1.28. The number of thioether (sulfide) groups is 1. The third-order valence-corrected chi connectivity index (χ3v) is 3.90. The molecule has 0 saturated carbocycles. The lowest BCUT2D eigenvalue weighted by Gasteiger charge is -2.24.